The van der Waals surface area contributed by atoms with E-state index in [0.29, 0.717) is 25.3 Å². The third-order valence-electron chi connectivity index (χ3n) is 3.03. The van der Waals surface area contributed by atoms with Crippen molar-refractivity contribution >= 4 is 5.91 Å². The van der Waals surface area contributed by atoms with Gasteiger partial charge in [0.2, 0.25) is 0 Å². The first kappa shape index (κ1) is 17.4. The number of halogens is 4. The Morgan fingerprint density at radius 1 is 1.24 bits per heavy atom. The molecule has 0 heterocycles. The van der Waals surface area contributed by atoms with Crippen molar-refractivity contribution in [1.82, 2.24) is 4.90 Å². The van der Waals surface area contributed by atoms with Crippen LogP contribution in [0.1, 0.15) is 35.2 Å². The fourth-order valence-electron chi connectivity index (χ4n) is 1.86. The van der Waals surface area contributed by atoms with Gasteiger partial charge in [-0.15, -0.1) is 0 Å². The number of aliphatic hydroxyl groups is 1. The Morgan fingerprint density at radius 2 is 1.90 bits per heavy atom. The van der Waals surface area contributed by atoms with Gasteiger partial charge < -0.3 is 10.0 Å². The predicted molar refractivity (Wildman–Crippen MR) is 69.3 cm³/mol. The fourth-order valence-corrected chi connectivity index (χ4v) is 1.86. The average molecular weight is 307 g/mol. The second kappa shape index (κ2) is 7.40. The van der Waals surface area contributed by atoms with Crippen molar-refractivity contribution in [2.75, 3.05) is 20.2 Å². The predicted octanol–water partition coefficient (Wildman–Crippen LogP) is 3.08. The van der Waals surface area contributed by atoms with Gasteiger partial charge in [-0.05, 0) is 31.4 Å². The van der Waals surface area contributed by atoms with Crippen LogP contribution in [-0.2, 0) is 6.18 Å². The van der Waals surface area contributed by atoms with Gasteiger partial charge in [-0.2, -0.15) is 13.2 Å². The summed E-state index contributed by atoms with van der Waals surface area (Å²) in [4.78, 5) is 13.2. The molecule has 21 heavy (non-hydrogen) atoms. The number of rotatable bonds is 6. The first-order valence-electron chi connectivity index (χ1n) is 6.51. The molecule has 1 aromatic rings. The number of unbranched alkanes of at least 4 members (excludes halogenated alkanes) is 2. The van der Waals surface area contributed by atoms with Crippen molar-refractivity contribution in [3.05, 3.63) is 35.1 Å². The zero-order valence-electron chi connectivity index (χ0n) is 11.6. The van der Waals surface area contributed by atoms with Crippen molar-refractivity contribution in [3.63, 3.8) is 0 Å². The zero-order chi connectivity index (χ0) is 16.0. The van der Waals surface area contributed by atoms with Crippen LogP contribution < -0.4 is 0 Å². The summed E-state index contributed by atoms with van der Waals surface area (Å²) in [6.45, 7) is 0.328. The largest absolute Gasteiger partial charge is 0.419 e. The van der Waals surface area contributed by atoms with E-state index in [1.807, 2.05) is 0 Å². The SMILES string of the molecule is CN(CCCCCO)C(=O)c1cccc(C(F)(F)F)c1F. The molecule has 0 aliphatic heterocycles. The highest BCUT2D eigenvalue weighted by molar-refractivity contribution is 5.94. The van der Waals surface area contributed by atoms with Gasteiger partial charge in [0, 0.05) is 20.2 Å². The molecule has 1 amide bonds. The lowest BCUT2D eigenvalue weighted by atomic mass is 10.1. The number of carbonyl (C=O) groups excluding carboxylic acids is 1. The van der Waals surface area contributed by atoms with Gasteiger partial charge in [-0.1, -0.05) is 6.07 Å². The van der Waals surface area contributed by atoms with E-state index in [0.717, 1.165) is 12.1 Å². The van der Waals surface area contributed by atoms with Crippen LogP contribution in [0.5, 0.6) is 0 Å². The maximum atomic E-state index is 13.8. The molecule has 3 nitrogen and oxygen atoms in total. The normalized spacial score (nSPS) is 11.5. The molecule has 0 spiro atoms. The summed E-state index contributed by atoms with van der Waals surface area (Å²) < 4.78 is 51.6. The molecule has 0 aliphatic carbocycles. The van der Waals surface area contributed by atoms with Crippen LogP contribution in [0.25, 0.3) is 0 Å². The van der Waals surface area contributed by atoms with E-state index < -0.39 is 29.0 Å². The smallest absolute Gasteiger partial charge is 0.396 e. The first-order valence-corrected chi connectivity index (χ1v) is 6.51. The summed E-state index contributed by atoms with van der Waals surface area (Å²) in [6, 6.07) is 2.66. The molecule has 0 atom stereocenters. The molecular formula is C14H17F4NO2. The molecule has 118 valence electrons. The van der Waals surface area contributed by atoms with Crippen LogP contribution in [0, 0.1) is 5.82 Å². The highest BCUT2D eigenvalue weighted by atomic mass is 19.4. The Balaban J connectivity index is 2.83. The van der Waals surface area contributed by atoms with Gasteiger partial charge in [0.25, 0.3) is 5.91 Å². The minimum atomic E-state index is -4.83. The molecule has 0 saturated carbocycles. The number of carbonyl (C=O) groups is 1. The monoisotopic (exact) mass is 307 g/mol. The lowest BCUT2D eigenvalue weighted by Crippen LogP contribution is -2.29. The van der Waals surface area contributed by atoms with E-state index in [9.17, 15) is 22.4 Å². The zero-order valence-corrected chi connectivity index (χ0v) is 11.6. The Bertz CT molecular complexity index is 488. The molecule has 0 aromatic heterocycles. The standard InChI is InChI=1S/C14H17F4NO2/c1-19(8-3-2-4-9-20)13(21)10-6-5-7-11(12(10)15)14(16,17)18/h5-7,20H,2-4,8-9H2,1H3. The number of hydrogen-bond donors (Lipinski definition) is 1. The number of alkyl halides is 3. The van der Waals surface area contributed by atoms with Crippen LogP contribution >= 0.6 is 0 Å². The van der Waals surface area contributed by atoms with E-state index in [2.05, 4.69) is 0 Å². The number of nitrogens with zero attached hydrogens (tertiary/aromatic N) is 1. The van der Waals surface area contributed by atoms with E-state index in [-0.39, 0.29) is 13.2 Å². The number of aliphatic hydroxyl groups excluding tert-OH is 1. The van der Waals surface area contributed by atoms with Crippen molar-refractivity contribution in [3.8, 4) is 0 Å². The lowest BCUT2D eigenvalue weighted by molar-refractivity contribution is -0.140. The molecule has 0 radical (unpaired) electrons. The summed E-state index contributed by atoms with van der Waals surface area (Å²) in [5, 5.41) is 8.63. The van der Waals surface area contributed by atoms with Gasteiger partial charge in [0.05, 0.1) is 11.1 Å². The first-order chi connectivity index (χ1) is 9.79. The highest BCUT2D eigenvalue weighted by Crippen LogP contribution is 2.32. The van der Waals surface area contributed by atoms with Gasteiger partial charge in [-0.25, -0.2) is 4.39 Å². The molecule has 1 rings (SSSR count). The van der Waals surface area contributed by atoms with Gasteiger partial charge in [0.1, 0.15) is 5.82 Å². The second-order valence-electron chi connectivity index (χ2n) is 4.68. The summed E-state index contributed by atoms with van der Waals surface area (Å²) in [6.07, 6.45) is -2.98. The van der Waals surface area contributed by atoms with Crippen molar-refractivity contribution in [2.24, 2.45) is 0 Å². The highest BCUT2D eigenvalue weighted by Gasteiger charge is 2.36. The van der Waals surface area contributed by atoms with Crippen molar-refractivity contribution in [1.29, 1.82) is 0 Å². The minimum absolute atomic E-state index is 0.0416. The molecule has 0 bridgehead atoms. The molecular weight excluding hydrogens is 290 g/mol. The third kappa shape index (κ3) is 4.70. The molecule has 1 aromatic carbocycles. The molecule has 0 aliphatic rings. The average Bonchev–Trinajstić information content (AvgIpc) is 2.41. The summed E-state index contributed by atoms with van der Waals surface area (Å²) in [7, 11) is 1.40. The molecule has 0 fully saturated rings. The van der Waals surface area contributed by atoms with Gasteiger partial charge >= 0.3 is 6.18 Å². The Kier molecular flexibility index (Phi) is 6.14. The van der Waals surface area contributed by atoms with Crippen molar-refractivity contribution < 1.29 is 27.5 Å². The molecule has 7 heteroatoms. The van der Waals surface area contributed by atoms with Gasteiger partial charge in [0.15, 0.2) is 0 Å². The minimum Gasteiger partial charge on any atom is -0.396 e. The Morgan fingerprint density at radius 3 is 2.48 bits per heavy atom. The summed E-state index contributed by atoms with van der Waals surface area (Å²) >= 11 is 0. The number of amides is 1. The Labute approximate surface area is 120 Å². The lowest BCUT2D eigenvalue weighted by Gasteiger charge is -2.18. The van der Waals surface area contributed by atoms with E-state index >= 15 is 0 Å². The maximum absolute atomic E-state index is 13.8. The van der Waals surface area contributed by atoms with Crippen LogP contribution in [0.3, 0.4) is 0 Å². The van der Waals surface area contributed by atoms with E-state index in [4.69, 9.17) is 5.11 Å². The third-order valence-corrected chi connectivity index (χ3v) is 3.03. The summed E-state index contributed by atoms with van der Waals surface area (Å²) in [5.74, 6) is -2.33. The van der Waals surface area contributed by atoms with Gasteiger partial charge in [-0.3, -0.25) is 4.79 Å². The van der Waals surface area contributed by atoms with Crippen LogP contribution in [0.15, 0.2) is 18.2 Å². The van der Waals surface area contributed by atoms with Crippen LogP contribution in [0.4, 0.5) is 17.6 Å². The summed E-state index contributed by atoms with van der Waals surface area (Å²) in [5.41, 5.74) is -2.03. The van der Waals surface area contributed by atoms with Crippen LogP contribution in [-0.4, -0.2) is 36.1 Å². The quantitative estimate of drug-likeness (QED) is 0.648. The number of hydrogen-bond acceptors (Lipinski definition) is 2. The molecule has 1 N–H and O–H groups in total. The fraction of sp³-hybridized carbons (Fsp3) is 0.500. The number of benzene rings is 1. The van der Waals surface area contributed by atoms with Crippen LogP contribution in [0.2, 0.25) is 0 Å². The van der Waals surface area contributed by atoms with Crippen molar-refractivity contribution in [2.45, 2.75) is 25.4 Å². The Hall–Kier alpha value is -1.63. The second-order valence-corrected chi connectivity index (χ2v) is 4.68. The molecule has 0 saturated heterocycles. The van der Waals surface area contributed by atoms with E-state index in [1.54, 1.807) is 0 Å². The molecule has 0 unspecified atom stereocenters. The maximum Gasteiger partial charge on any atom is 0.419 e. The topological polar surface area (TPSA) is 40.5 Å². The van der Waals surface area contributed by atoms with E-state index in [1.165, 1.54) is 11.9 Å².